The van der Waals surface area contributed by atoms with Gasteiger partial charge in [0.15, 0.2) is 0 Å². The number of nitrogens with zero attached hydrogens (tertiary/aromatic N) is 4. The molecule has 1 aliphatic rings. The van der Waals surface area contributed by atoms with Gasteiger partial charge in [-0.2, -0.15) is 5.10 Å². The van der Waals surface area contributed by atoms with Gasteiger partial charge in [0.1, 0.15) is 6.61 Å². The highest BCUT2D eigenvalue weighted by Gasteiger charge is 2.26. The number of rotatable bonds is 5. The monoisotopic (exact) mass is 359 g/mol. The van der Waals surface area contributed by atoms with E-state index in [1.54, 1.807) is 6.20 Å². The lowest BCUT2D eigenvalue weighted by Gasteiger charge is -2.33. The second-order valence-corrected chi connectivity index (χ2v) is 6.93. The van der Waals surface area contributed by atoms with Gasteiger partial charge in [-0.1, -0.05) is 18.2 Å². The molecule has 4 heterocycles. The maximum atomic E-state index is 5.92. The number of aromatic amines is 1. The molecule has 6 nitrogen and oxygen atoms in total. The summed E-state index contributed by atoms with van der Waals surface area (Å²) in [6.07, 6.45) is 5.63. The number of hydrogen-bond donors (Lipinski definition) is 1. The van der Waals surface area contributed by atoms with Crippen molar-refractivity contribution in [2.45, 2.75) is 19.1 Å². The van der Waals surface area contributed by atoms with Gasteiger partial charge in [0, 0.05) is 55.2 Å². The van der Waals surface area contributed by atoms with Gasteiger partial charge in [0.25, 0.3) is 0 Å². The quantitative estimate of drug-likeness (QED) is 0.593. The third kappa shape index (κ3) is 3.19. The molecule has 0 unspecified atom stereocenters. The summed E-state index contributed by atoms with van der Waals surface area (Å²) in [5, 5.41) is 5.81. The molecule has 1 atom stereocenters. The SMILES string of the molecule is c1ccc(OC[C@H]2CN(Cc3cccc4[nH]ccc34)Cc3ccnn32)nc1. The van der Waals surface area contributed by atoms with Crippen LogP contribution in [0.4, 0.5) is 0 Å². The van der Waals surface area contributed by atoms with Gasteiger partial charge in [-0.25, -0.2) is 4.98 Å². The molecule has 4 aromatic rings. The zero-order valence-corrected chi connectivity index (χ0v) is 15.0. The van der Waals surface area contributed by atoms with Crippen molar-refractivity contribution in [3.63, 3.8) is 0 Å². The molecule has 0 spiro atoms. The highest BCUT2D eigenvalue weighted by atomic mass is 16.5. The Hall–Kier alpha value is -3.12. The van der Waals surface area contributed by atoms with Gasteiger partial charge in [0.05, 0.1) is 11.7 Å². The van der Waals surface area contributed by atoms with Gasteiger partial charge in [-0.05, 0) is 29.8 Å². The molecule has 0 bridgehead atoms. The first kappa shape index (κ1) is 16.1. The lowest BCUT2D eigenvalue weighted by Crippen LogP contribution is -2.39. The van der Waals surface area contributed by atoms with Crippen molar-refractivity contribution in [3.8, 4) is 5.88 Å². The molecule has 0 fully saturated rings. The van der Waals surface area contributed by atoms with Crippen molar-refractivity contribution >= 4 is 10.9 Å². The number of aromatic nitrogens is 4. The topological polar surface area (TPSA) is 59.0 Å². The number of ether oxygens (including phenoxy) is 1. The Bertz CT molecular complexity index is 1040. The third-order valence-corrected chi connectivity index (χ3v) is 5.09. The van der Waals surface area contributed by atoms with E-state index in [1.807, 2.05) is 30.6 Å². The van der Waals surface area contributed by atoms with Crippen LogP contribution in [0, 0.1) is 0 Å². The summed E-state index contributed by atoms with van der Waals surface area (Å²) in [6, 6.07) is 16.6. The van der Waals surface area contributed by atoms with Crippen LogP contribution in [0.2, 0.25) is 0 Å². The van der Waals surface area contributed by atoms with E-state index in [9.17, 15) is 0 Å². The van der Waals surface area contributed by atoms with E-state index in [1.165, 1.54) is 22.2 Å². The minimum atomic E-state index is 0.163. The summed E-state index contributed by atoms with van der Waals surface area (Å²) in [4.78, 5) is 10.0. The van der Waals surface area contributed by atoms with E-state index in [4.69, 9.17) is 4.74 Å². The number of hydrogen-bond acceptors (Lipinski definition) is 4. The summed E-state index contributed by atoms with van der Waals surface area (Å²) >= 11 is 0. The highest BCUT2D eigenvalue weighted by Crippen LogP contribution is 2.25. The standard InChI is InChI=1S/C21H21N5O/c1-2-9-23-21(6-1)27-15-18-14-25(13-17-7-11-24-26(17)18)12-16-4-3-5-20-19(16)8-10-22-20/h1-11,18,22H,12-15H2/t18-/m1/s1. The fourth-order valence-electron chi connectivity index (χ4n) is 3.85. The van der Waals surface area contributed by atoms with Crippen molar-refractivity contribution in [1.29, 1.82) is 0 Å². The predicted octanol–water partition coefficient (Wildman–Crippen LogP) is 3.40. The molecule has 0 radical (unpaired) electrons. The fourth-order valence-corrected chi connectivity index (χ4v) is 3.85. The summed E-state index contributed by atoms with van der Waals surface area (Å²) in [6.45, 7) is 3.24. The van der Waals surface area contributed by atoms with Crippen LogP contribution in [-0.4, -0.2) is 37.8 Å². The molecule has 0 saturated heterocycles. The highest BCUT2D eigenvalue weighted by molar-refractivity contribution is 5.82. The second-order valence-electron chi connectivity index (χ2n) is 6.93. The Morgan fingerprint density at radius 1 is 1.07 bits per heavy atom. The van der Waals surface area contributed by atoms with Crippen LogP contribution in [0.1, 0.15) is 17.3 Å². The fraction of sp³-hybridized carbons (Fsp3) is 0.238. The molecule has 6 heteroatoms. The Kier molecular flexibility index (Phi) is 4.10. The minimum absolute atomic E-state index is 0.163. The predicted molar refractivity (Wildman–Crippen MR) is 103 cm³/mol. The molecule has 1 N–H and O–H groups in total. The van der Waals surface area contributed by atoms with Crippen LogP contribution >= 0.6 is 0 Å². The maximum Gasteiger partial charge on any atom is 0.213 e. The zero-order chi connectivity index (χ0) is 18.1. The maximum absolute atomic E-state index is 5.92. The lowest BCUT2D eigenvalue weighted by molar-refractivity contribution is 0.125. The number of fused-ring (bicyclic) bond motifs is 2. The van der Waals surface area contributed by atoms with Crippen LogP contribution < -0.4 is 4.74 Å². The summed E-state index contributed by atoms with van der Waals surface area (Å²) < 4.78 is 8.02. The number of nitrogens with one attached hydrogen (secondary N) is 1. The van der Waals surface area contributed by atoms with E-state index >= 15 is 0 Å². The minimum Gasteiger partial charge on any atom is -0.475 e. The Balaban J connectivity index is 1.35. The summed E-state index contributed by atoms with van der Waals surface area (Å²) in [5.41, 5.74) is 3.74. The zero-order valence-electron chi connectivity index (χ0n) is 15.0. The summed E-state index contributed by atoms with van der Waals surface area (Å²) in [5.74, 6) is 0.653. The molecule has 1 aliphatic heterocycles. The normalized spacial score (nSPS) is 17.1. The van der Waals surface area contributed by atoms with E-state index in [0.29, 0.717) is 12.5 Å². The first-order chi connectivity index (χ1) is 13.4. The van der Waals surface area contributed by atoms with Crippen molar-refractivity contribution in [2.24, 2.45) is 0 Å². The van der Waals surface area contributed by atoms with E-state index in [2.05, 4.69) is 55.0 Å². The molecule has 3 aromatic heterocycles. The van der Waals surface area contributed by atoms with Crippen molar-refractivity contribution in [2.75, 3.05) is 13.2 Å². The van der Waals surface area contributed by atoms with Crippen molar-refractivity contribution < 1.29 is 4.74 Å². The second kappa shape index (κ2) is 6.89. The van der Waals surface area contributed by atoms with Gasteiger partial charge in [0.2, 0.25) is 5.88 Å². The lowest BCUT2D eigenvalue weighted by atomic mass is 10.1. The number of pyridine rings is 1. The van der Waals surface area contributed by atoms with Crippen molar-refractivity contribution in [3.05, 3.63) is 78.4 Å². The average Bonchev–Trinajstić information content (AvgIpc) is 3.36. The van der Waals surface area contributed by atoms with Gasteiger partial charge in [-0.3, -0.25) is 9.58 Å². The largest absolute Gasteiger partial charge is 0.475 e. The molecule has 5 rings (SSSR count). The Labute approximate surface area is 157 Å². The van der Waals surface area contributed by atoms with E-state index in [-0.39, 0.29) is 6.04 Å². The Morgan fingerprint density at radius 2 is 2.07 bits per heavy atom. The van der Waals surface area contributed by atoms with Crippen LogP contribution in [0.5, 0.6) is 5.88 Å². The van der Waals surface area contributed by atoms with Gasteiger partial charge >= 0.3 is 0 Å². The molecule has 0 aliphatic carbocycles. The smallest absolute Gasteiger partial charge is 0.213 e. The first-order valence-electron chi connectivity index (χ1n) is 9.20. The van der Waals surface area contributed by atoms with Crippen molar-refractivity contribution in [1.82, 2.24) is 24.6 Å². The van der Waals surface area contributed by atoms with Crippen LogP contribution in [0.15, 0.2) is 67.1 Å². The van der Waals surface area contributed by atoms with Gasteiger partial charge in [-0.15, -0.1) is 0 Å². The first-order valence-corrected chi connectivity index (χ1v) is 9.20. The molecule has 1 aromatic carbocycles. The molecule has 0 amide bonds. The third-order valence-electron chi connectivity index (χ3n) is 5.09. The average molecular weight is 359 g/mol. The van der Waals surface area contributed by atoms with Gasteiger partial charge < -0.3 is 9.72 Å². The molecular weight excluding hydrogens is 338 g/mol. The molecule has 0 saturated carbocycles. The van der Waals surface area contributed by atoms with Crippen LogP contribution in [0.25, 0.3) is 10.9 Å². The summed E-state index contributed by atoms with van der Waals surface area (Å²) in [7, 11) is 0. The van der Waals surface area contributed by atoms with E-state index in [0.717, 1.165) is 19.6 Å². The van der Waals surface area contributed by atoms with E-state index < -0.39 is 0 Å². The van der Waals surface area contributed by atoms with Crippen LogP contribution in [0.3, 0.4) is 0 Å². The number of benzene rings is 1. The number of H-pyrrole nitrogens is 1. The molecular formula is C21H21N5O. The van der Waals surface area contributed by atoms with Crippen LogP contribution in [-0.2, 0) is 13.1 Å². The molecule has 136 valence electrons. The Morgan fingerprint density at radius 3 is 3.00 bits per heavy atom. The molecule has 27 heavy (non-hydrogen) atoms.